The van der Waals surface area contributed by atoms with E-state index in [-0.39, 0.29) is 12.5 Å². The number of carbonyl (C=O) groups excluding carboxylic acids is 1. The second kappa shape index (κ2) is 10.2. The first-order valence-electron chi connectivity index (χ1n) is 10.4. The highest BCUT2D eigenvalue weighted by Gasteiger charge is 2.24. The average Bonchev–Trinajstić information content (AvgIpc) is 3.42. The Bertz CT molecular complexity index is 673. The lowest BCUT2D eigenvalue weighted by Gasteiger charge is -2.21. The van der Waals surface area contributed by atoms with Crippen LogP contribution in [0.2, 0.25) is 0 Å². The maximum absolute atomic E-state index is 12.2. The number of likely N-dealkylation sites (tertiary alicyclic amines) is 1. The van der Waals surface area contributed by atoms with Crippen molar-refractivity contribution in [2.24, 2.45) is 10.9 Å². The summed E-state index contributed by atoms with van der Waals surface area (Å²) in [5, 5.41) is 6.67. The summed E-state index contributed by atoms with van der Waals surface area (Å²) in [5.41, 5.74) is 1.16. The van der Waals surface area contributed by atoms with Crippen molar-refractivity contribution in [3.8, 4) is 5.75 Å². The highest BCUT2D eigenvalue weighted by molar-refractivity contribution is 5.85. The molecule has 2 aliphatic heterocycles. The Labute approximate surface area is 168 Å². The van der Waals surface area contributed by atoms with Gasteiger partial charge in [0.1, 0.15) is 12.3 Å². The number of amides is 1. The van der Waals surface area contributed by atoms with Gasteiger partial charge in [-0.15, -0.1) is 0 Å². The van der Waals surface area contributed by atoms with E-state index in [2.05, 4.69) is 32.7 Å². The maximum atomic E-state index is 12.2. The van der Waals surface area contributed by atoms with Gasteiger partial charge in [-0.2, -0.15) is 0 Å². The third-order valence-electron chi connectivity index (χ3n) is 5.45. The Morgan fingerprint density at radius 1 is 1.21 bits per heavy atom. The zero-order valence-electron chi connectivity index (χ0n) is 17.1. The minimum atomic E-state index is 0.123. The van der Waals surface area contributed by atoms with Crippen LogP contribution in [0.4, 0.5) is 5.69 Å². The molecule has 1 aromatic carbocycles. The Morgan fingerprint density at radius 3 is 2.75 bits per heavy atom. The number of hydrogen-bond donors (Lipinski definition) is 2. The number of aliphatic imine (C=N–C) groups is 1. The summed E-state index contributed by atoms with van der Waals surface area (Å²) >= 11 is 0. The van der Waals surface area contributed by atoms with Crippen LogP contribution in [0, 0.1) is 5.92 Å². The standard InChI is InChI=1S/C21H33N5O2/c1-3-22-21(24-15-20(27)25-11-6-7-12-25)23-14-17-10-13-26(16-17)18-8-4-5-9-19(18)28-2/h4-5,8-9,17H,3,6-7,10-16H2,1-2H3,(H2,22,23,24). The van der Waals surface area contributed by atoms with Crippen molar-refractivity contribution in [2.45, 2.75) is 26.2 Å². The molecule has 1 atom stereocenters. The number of methoxy groups -OCH3 is 1. The molecule has 0 saturated carbocycles. The number of ether oxygens (including phenoxy) is 1. The minimum Gasteiger partial charge on any atom is -0.495 e. The summed E-state index contributed by atoms with van der Waals surface area (Å²) in [6.07, 6.45) is 3.34. The number of benzene rings is 1. The van der Waals surface area contributed by atoms with Crippen LogP contribution in [-0.2, 0) is 4.79 Å². The SMILES string of the molecule is CCNC(=NCC(=O)N1CCCC1)NCC1CCN(c2ccccc2OC)C1. The first-order chi connectivity index (χ1) is 13.7. The van der Waals surface area contributed by atoms with Crippen molar-refractivity contribution in [2.75, 3.05) is 57.8 Å². The van der Waals surface area contributed by atoms with E-state index >= 15 is 0 Å². The molecule has 2 saturated heterocycles. The molecule has 0 aromatic heterocycles. The van der Waals surface area contributed by atoms with Crippen LogP contribution in [0.5, 0.6) is 5.75 Å². The molecule has 2 aliphatic rings. The molecular weight excluding hydrogens is 354 g/mol. The monoisotopic (exact) mass is 387 g/mol. The molecule has 0 radical (unpaired) electrons. The van der Waals surface area contributed by atoms with E-state index in [9.17, 15) is 4.79 Å². The zero-order valence-corrected chi connectivity index (χ0v) is 17.1. The van der Waals surface area contributed by atoms with Gasteiger partial charge in [-0.05, 0) is 44.2 Å². The van der Waals surface area contributed by atoms with Crippen molar-refractivity contribution in [3.05, 3.63) is 24.3 Å². The van der Waals surface area contributed by atoms with Gasteiger partial charge >= 0.3 is 0 Å². The molecule has 1 unspecified atom stereocenters. The van der Waals surface area contributed by atoms with Gasteiger partial charge in [-0.3, -0.25) is 4.79 Å². The molecule has 2 heterocycles. The molecule has 0 spiro atoms. The van der Waals surface area contributed by atoms with Crippen molar-refractivity contribution in [1.29, 1.82) is 0 Å². The molecule has 1 aromatic rings. The van der Waals surface area contributed by atoms with Gasteiger partial charge in [0.15, 0.2) is 5.96 Å². The fraction of sp³-hybridized carbons (Fsp3) is 0.619. The molecule has 2 N–H and O–H groups in total. The van der Waals surface area contributed by atoms with Crippen LogP contribution < -0.4 is 20.3 Å². The van der Waals surface area contributed by atoms with Gasteiger partial charge < -0.3 is 25.2 Å². The van der Waals surface area contributed by atoms with Gasteiger partial charge in [0, 0.05) is 39.3 Å². The molecule has 28 heavy (non-hydrogen) atoms. The summed E-state index contributed by atoms with van der Waals surface area (Å²) in [7, 11) is 1.72. The number of rotatable bonds is 7. The summed E-state index contributed by atoms with van der Waals surface area (Å²) < 4.78 is 5.50. The molecule has 0 bridgehead atoms. The highest BCUT2D eigenvalue weighted by Crippen LogP contribution is 2.31. The lowest BCUT2D eigenvalue weighted by atomic mass is 10.1. The minimum absolute atomic E-state index is 0.123. The third-order valence-corrected chi connectivity index (χ3v) is 5.45. The van der Waals surface area contributed by atoms with Crippen LogP contribution in [0.15, 0.2) is 29.3 Å². The summed E-state index contributed by atoms with van der Waals surface area (Å²) in [5.74, 6) is 2.30. The number of guanidine groups is 1. The molecule has 1 amide bonds. The Kier molecular flexibility index (Phi) is 7.39. The molecule has 2 fully saturated rings. The van der Waals surface area contributed by atoms with Crippen molar-refractivity contribution in [1.82, 2.24) is 15.5 Å². The van der Waals surface area contributed by atoms with Crippen LogP contribution in [0.3, 0.4) is 0 Å². The van der Waals surface area contributed by atoms with Crippen LogP contribution in [-0.4, -0.2) is 69.7 Å². The fourth-order valence-corrected chi connectivity index (χ4v) is 3.91. The summed E-state index contributed by atoms with van der Waals surface area (Å²) in [6, 6.07) is 8.18. The van der Waals surface area contributed by atoms with Gasteiger partial charge in [-0.1, -0.05) is 12.1 Å². The van der Waals surface area contributed by atoms with E-state index in [1.165, 1.54) is 0 Å². The smallest absolute Gasteiger partial charge is 0.244 e. The first kappa shape index (κ1) is 20.3. The van der Waals surface area contributed by atoms with Gasteiger partial charge in [0.2, 0.25) is 5.91 Å². The number of nitrogens with one attached hydrogen (secondary N) is 2. The maximum Gasteiger partial charge on any atom is 0.244 e. The van der Waals surface area contributed by atoms with E-state index < -0.39 is 0 Å². The molecular formula is C21H33N5O2. The first-order valence-corrected chi connectivity index (χ1v) is 10.4. The molecule has 3 rings (SSSR count). The van der Waals surface area contributed by atoms with Crippen molar-refractivity contribution in [3.63, 3.8) is 0 Å². The Morgan fingerprint density at radius 2 is 2.00 bits per heavy atom. The molecule has 7 nitrogen and oxygen atoms in total. The summed E-state index contributed by atoms with van der Waals surface area (Å²) in [4.78, 5) is 21.0. The predicted octanol–water partition coefficient (Wildman–Crippen LogP) is 1.70. The zero-order chi connectivity index (χ0) is 19.8. The van der Waals surface area contributed by atoms with Crippen molar-refractivity contribution < 1.29 is 9.53 Å². The second-order valence-electron chi connectivity index (χ2n) is 7.44. The number of carbonyl (C=O) groups is 1. The van der Waals surface area contributed by atoms with E-state index in [4.69, 9.17) is 4.74 Å². The van der Waals surface area contributed by atoms with Gasteiger partial charge in [-0.25, -0.2) is 4.99 Å². The normalized spacial score (nSPS) is 19.8. The summed E-state index contributed by atoms with van der Waals surface area (Å²) in [6.45, 7) is 7.63. The van der Waals surface area contributed by atoms with Gasteiger partial charge in [0.25, 0.3) is 0 Å². The van der Waals surface area contributed by atoms with Crippen molar-refractivity contribution >= 4 is 17.6 Å². The number of anilines is 1. The molecule has 154 valence electrons. The fourth-order valence-electron chi connectivity index (χ4n) is 3.91. The Hall–Kier alpha value is -2.44. The quantitative estimate of drug-likeness (QED) is 0.551. The molecule has 0 aliphatic carbocycles. The lowest BCUT2D eigenvalue weighted by molar-refractivity contribution is -0.128. The molecule has 7 heteroatoms. The van der Waals surface area contributed by atoms with E-state index in [1.807, 2.05) is 24.0 Å². The van der Waals surface area contributed by atoms with Crippen LogP contribution in [0.1, 0.15) is 26.2 Å². The third kappa shape index (κ3) is 5.30. The van der Waals surface area contributed by atoms with Gasteiger partial charge in [0.05, 0.1) is 12.8 Å². The Balaban J connectivity index is 1.50. The van der Waals surface area contributed by atoms with E-state index in [0.717, 1.165) is 75.9 Å². The second-order valence-corrected chi connectivity index (χ2v) is 7.44. The number of hydrogen-bond acceptors (Lipinski definition) is 4. The van der Waals surface area contributed by atoms with Crippen LogP contribution >= 0.6 is 0 Å². The number of nitrogens with zero attached hydrogens (tertiary/aromatic N) is 3. The predicted molar refractivity (Wildman–Crippen MR) is 113 cm³/mol. The average molecular weight is 388 g/mol. The lowest BCUT2D eigenvalue weighted by Crippen LogP contribution is -2.41. The van der Waals surface area contributed by atoms with E-state index in [1.54, 1.807) is 7.11 Å². The van der Waals surface area contributed by atoms with E-state index in [0.29, 0.717) is 5.92 Å². The highest BCUT2D eigenvalue weighted by atomic mass is 16.5. The topological polar surface area (TPSA) is 69.2 Å². The largest absolute Gasteiger partial charge is 0.495 e. The number of para-hydroxylation sites is 2. The van der Waals surface area contributed by atoms with Crippen LogP contribution in [0.25, 0.3) is 0 Å².